The molecule has 0 saturated heterocycles. The lowest BCUT2D eigenvalue weighted by atomic mass is 10.1. The molecule has 0 fully saturated rings. The number of halogens is 1. The fourth-order valence-corrected chi connectivity index (χ4v) is 1.93. The summed E-state index contributed by atoms with van der Waals surface area (Å²) in [6, 6.07) is 11.4. The van der Waals surface area contributed by atoms with Gasteiger partial charge in [0.1, 0.15) is 5.75 Å². The number of aliphatic carboxylic acids is 1. The zero-order chi connectivity index (χ0) is 16.1. The van der Waals surface area contributed by atoms with Crippen molar-refractivity contribution in [1.82, 2.24) is 0 Å². The van der Waals surface area contributed by atoms with Gasteiger partial charge in [-0.25, -0.2) is 4.79 Å². The van der Waals surface area contributed by atoms with E-state index in [9.17, 15) is 14.7 Å². The van der Waals surface area contributed by atoms with Crippen molar-refractivity contribution in [3.05, 3.63) is 58.1 Å². The maximum atomic E-state index is 11.0. The molecule has 0 spiro atoms. The summed E-state index contributed by atoms with van der Waals surface area (Å²) >= 11 is 3.21. The highest BCUT2D eigenvalue weighted by molar-refractivity contribution is 9.10. The Labute approximate surface area is 134 Å². The third-order valence-electron chi connectivity index (χ3n) is 2.64. The Morgan fingerprint density at radius 1 is 1.00 bits per heavy atom. The van der Waals surface area contributed by atoms with E-state index in [0.717, 1.165) is 5.56 Å². The van der Waals surface area contributed by atoms with Crippen LogP contribution in [0.1, 0.15) is 11.1 Å². The Morgan fingerprint density at radius 2 is 1.59 bits per heavy atom. The largest absolute Gasteiger partial charge is 0.507 e. The molecule has 0 heterocycles. The van der Waals surface area contributed by atoms with Gasteiger partial charge in [0.05, 0.1) is 4.47 Å². The van der Waals surface area contributed by atoms with E-state index in [-0.39, 0.29) is 5.75 Å². The van der Waals surface area contributed by atoms with Crippen LogP contribution < -0.4 is 5.32 Å². The molecule has 0 aliphatic heterocycles. The van der Waals surface area contributed by atoms with Crippen molar-refractivity contribution in [3.63, 3.8) is 0 Å². The average Bonchev–Trinajstić information content (AvgIpc) is 2.49. The molecule has 0 aliphatic rings. The SMILES string of the molecule is O=C(O)C(=O)Nc1ccc(C#Cc2ccc(O)c(Br)c2)cc1. The topological polar surface area (TPSA) is 86.6 Å². The number of anilines is 1. The minimum absolute atomic E-state index is 0.143. The van der Waals surface area contributed by atoms with Crippen LogP contribution in [0, 0.1) is 11.8 Å². The van der Waals surface area contributed by atoms with Crippen LogP contribution in [0.15, 0.2) is 46.9 Å². The third-order valence-corrected chi connectivity index (χ3v) is 3.27. The molecule has 3 N–H and O–H groups in total. The fourth-order valence-electron chi connectivity index (χ4n) is 1.55. The molecule has 1 amide bonds. The van der Waals surface area contributed by atoms with Gasteiger partial charge in [-0.1, -0.05) is 11.8 Å². The molecular formula is C16H10BrNO4. The number of amides is 1. The van der Waals surface area contributed by atoms with Gasteiger partial charge in [-0.3, -0.25) is 4.79 Å². The number of carbonyl (C=O) groups excluding carboxylic acids is 1. The molecule has 110 valence electrons. The first-order valence-electron chi connectivity index (χ1n) is 6.10. The Bertz CT molecular complexity index is 788. The molecule has 0 radical (unpaired) electrons. The van der Waals surface area contributed by atoms with E-state index >= 15 is 0 Å². The van der Waals surface area contributed by atoms with Crippen molar-refractivity contribution in [2.24, 2.45) is 0 Å². The van der Waals surface area contributed by atoms with Gasteiger partial charge in [-0.2, -0.15) is 0 Å². The van der Waals surface area contributed by atoms with E-state index in [1.54, 1.807) is 42.5 Å². The summed E-state index contributed by atoms with van der Waals surface area (Å²) in [6.07, 6.45) is 0. The molecule has 0 saturated carbocycles. The maximum absolute atomic E-state index is 11.0. The van der Waals surface area contributed by atoms with Gasteiger partial charge in [0.2, 0.25) is 0 Å². The first kappa shape index (κ1) is 15.6. The normalized spacial score (nSPS) is 9.50. The van der Waals surface area contributed by atoms with E-state index < -0.39 is 11.9 Å². The lowest BCUT2D eigenvalue weighted by Gasteiger charge is -2.01. The number of aromatic hydroxyl groups is 1. The molecule has 0 aliphatic carbocycles. The zero-order valence-corrected chi connectivity index (χ0v) is 12.7. The summed E-state index contributed by atoms with van der Waals surface area (Å²) in [5.74, 6) is 3.38. The van der Waals surface area contributed by atoms with Gasteiger partial charge in [-0.05, 0) is 58.4 Å². The molecular weight excluding hydrogens is 350 g/mol. The van der Waals surface area contributed by atoms with Crippen molar-refractivity contribution in [2.45, 2.75) is 0 Å². The molecule has 2 rings (SSSR count). The molecule has 0 atom stereocenters. The van der Waals surface area contributed by atoms with E-state index in [2.05, 4.69) is 33.1 Å². The lowest BCUT2D eigenvalue weighted by Crippen LogP contribution is -2.21. The van der Waals surface area contributed by atoms with Crippen LogP contribution in [0.2, 0.25) is 0 Å². The number of carbonyl (C=O) groups is 2. The van der Waals surface area contributed by atoms with Gasteiger partial charge < -0.3 is 15.5 Å². The van der Waals surface area contributed by atoms with Gasteiger partial charge >= 0.3 is 11.9 Å². The smallest absolute Gasteiger partial charge is 0.394 e. The first-order chi connectivity index (χ1) is 10.5. The molecule has 22 heavy (non-hydrogen) atoms. The minimum atomic E-state index is -1.54. The Morgan fingerprint density at radius 3 is 2.18 bits per heavy atom. The summed E-state index contributed by atoms with van der Waals surface area (Å²) in [7, 11) is 0. The van der Waals surface area contributed by atoms with Gasteiger partial charge in [-0.15, -0.1) is 0 Å². The second-order valence-electron chi connectivity index (χ2n) is 4.25. The first-order valence-corrected chi connectivity index (χ1v) is 6.90. The fraction of sp³-hybridized carbons (Fsp3) is 0. The Hall–Kier alpha value is -2.78. The monoisotopic (exact) mass is 359 g/mol. The number of hydrogen-bond acceptors (Lipinski definition) is 3. The number of hydrogen-bond donors (Lipinski definition) is 3. The third kappa shape index (κ3) is 4.11. The number of benzene rings is 2. The van der Waals surface area contributed by atoms with E-state index in [4.69, 9.17) is 5.11 Å². The number of phenolic OH excluding ortho intramolecular Hbond substituents is 1. The van der Waals surface area contributed by atoms with Crippen LogP contribution in [-0.4, -0.2) is 22.1 Å². The standard InChI is InChI=1S/C16H10BrNO4/c17-13-9-11(5-8-14(13)19)2-1-10-3-6-12(7-4-10)18-15(20)16(21)22/h3-9,19H,(H,18,20)(H,21,22). The average molecular weight is 360 g/mol. The highest BCUT2D eigenvalue weighted by Gasteiger charge is 2.10. The van der Waals surface area contributed by atoms with Crippen LogP contribution in [0.25, 0.3) is 0 Å². The zero-order valence-electron chi connectivity index (χ0n) is 11.1. The van der Waals surface area contributed by atoms with Crippen LogP contribution in [0.4, 0.5) is 5.69 Å². The number of rotatable bonds is 1. The quantitative estimate of drug-likeness (QED) is 0.539. The number of carboxylic acid groups (broad SMARTS) is 1. The summed E-state index contributed by atoms with van der Waals surface area (Å²) in [5.41, 5.74) is 1.82. The summed E-state index contributed by atoms with van der Waals surface area (Å²) < 4.78 is 0.561. The van der Waals surface area contributed by atoms with Crippen molar-refractivity contribution >= 4 is 33.5 Å². The van der Waals surface area contributed by atoms with Crippen molar-refractivity contribution < 1.29 is 19.8 Å². The Kier molecular flexibility index (Phi) is 4.81. The number of phenols is 1. The molecule has 0 bridgehead atoms. The second-order valence-corrected chi connectivity index (χ2v) is 5.11. The van der Waals surface area contributed by atoms with Gasteiger partial charge in [0.25, 0.3) is 0 Å². The van der Waals surface area contributed by atoms with E-state index in [1.807, 2.05) is 0 Å². The lowest BCUT2D eigenvalue weighted by molar-refractivity contribution is -0.147. The van der Waals surface area contributed by atoms with Gasteiger partial charge in [0.15, 0.2) is 0 Å². The highest BCUT2D eigenvalue weighted by Crippen LogP contribution is 2.23. The Balaban J connectivity index is 2.11. The van der Waals surface area contributed by atoms with Crippen LogP contribution in [0.5, 0.6) is 5.75 Å². The predicted molar refractivity (Wildman–Crippen MR) is 84.5 cm³/mol. The number of carboxylic acids is 1. The van der Waals surface area contributed by atoms with Crippen molar-refractivity contribution in [1.29, 1.82) is 0 Å². The number of nitrogens with one attached hydrogen (secondary N) is 1. The predicted octanol–water partition coefficient (Wildman–Crippen LogP) is 2.58. The van der Waals surface area contributed by atoms with Gasteiger partial charge in [0, 0.05) is 16.8 Å². The van der Waals surface area contributed by atoms with Crippen molar-refractivity contribution in [3.8, 4) is 17.6 Å². The molecule has 0 unspecified atom stereocenters. The minimum Gasteiger partial charge on any atom is -0.507 e. The van der Waals surface area contributed by atoms with Crippen LogP contribution in [-0.2, 0) is 9.59 Å². The van der Waals surface area contributed by atoms with Crippen molar-refractivity contribution in [2.75, 3.05) is 5.32 Å². The molecule has 2 aromatic carbocycles. The molecule has 0 aromatic heterocycles. The van der Waals surface area contributed by atoms with E-state index in [1.165, 1.54) is 0 Å². The summed E-state index contributed by atoms with van der Waals surface area (Å²) in [5, 5.41) is 20.1. The summed E-state index contributed by atoms with van der Waals surface area (Å²) in [4.78, 5) is 21.4. The van der Waals surface area contributed by atoms with Crippen LogP contribution in [0.3, 0.4) is 0 Å². The molecule has 6 heteroatoms. The maximum Gasteiger partial charge on any atom is 0.394 e. The summed E-state index contributed by atoms with van der Waals surface area (Å²) in [6.45, 7) is 0. The molecule has 5 nitrogen and oxygen atoms in total. The highest BCUT2D eigenvalue weighted by atomic mass is 79.9. The molecule has 2 aromatic rings. The van der Waals surface area contributed by atoms with Crippen LogP contribution >= 0.6 is 15.9 Å². The second kappa shape index (κ2) is 6.78. The van der Waals surface area contributed by atoms with E-state index in [0.29, 0.717) is 15.7 Å².